The number of aromatic hydroxyl groups is 1. The van der Waals surface area contributed by atoms with Gasteiger partial charge in [0, 0.05) is 16.8 Å². The summed E-state index contributed by atoms with van der Waals surface area (Å²) in [6.07, 6.45) is 0. The lowest BCUT2D eigenvalue weighted by atomic mass is 10.0. The molecule has 3 rings (SSSR count). The zero-order valence-electron chi connectivity index (χ0n) is 10.8. The first-order valence-corrected chi connectivity index (χ1v) is 6.01. The zero-order chi connectivity index (χ0) is 13.4. The van der Waals surface area contributed by atoms with Gasteiger partial charge in [0.05, 0.1) is 14.2 Å². The van der Waals surface area contributed by atoms with Gasteiger partial charge in [0.15, 0.2) is 0 Å². The first kappa shape index (κ1) is 11.7. The number of rotatable bonds is 2. The van der Waals surface area contributed by atoms with Crippen LogP contribution in [0.25, 0.3) is 21.5 Å². The van der Waals surface area contributed by atoms with Gasteiger partial charge in [-0.1, -0.05) is 24.3 Å². The van der Waals surface area contributed by atoms with Crippen LogP contribution >= 0.6 is 0 Å². The largest absolute Gasteiger partial charge is 0.507 e. The summed E-state index contributed by atoms with van der Waals surface area (Å²) in [5.41, 5.74) is 0. The predicted octanol–water partition coefficient (Wildman–Crippen LogP) is 3.72. The number of fused-ring (bicyclic) bond motifs is 3. The highest BCUT2D eigenvalue weighted by molar-refractivity contribution is 6.12. The van der Waals surface area contributed by atoms with Crippen LogP contribution in [0.1, 0.15) is 0 Å². The first-order valence-electron chi connectivity index (χ1n) is 6.01. The van der Waals surface area contributed by atoms with Gasteiger partial charge in [-0.05, 0) is 22.9 Å². The van der Waals surface area contributed by atoms with Crippen molar-refractivity contribution in [2.24, 2.45) is 0 Å². The van der Waals surface area contributed by atoms with Crippen LogP contribution in [-0.4, -0.2) is 19.3 Å². The minimum Gasteiger partial charge on any atom is -0.507 e. The van der Waals surface area contributed by atoms with Gasteiger partial charge < -0.3 is 14.6 Å². The fourth-order valence-corrected chi connectivity index (χ4v) is 2.43. The quantitative estimate of drug-likeness (QED) is 0.708. The molecule has 0 aromatic heterocycles. The van der Waals surface area contributed by atoms with Crippen LogP contribution in [0.3, 0.4) is 0 Å². The van der Waals surface area contributed by atoms with Crippen molar-refractivity contribution in [2.75, 3.05) is 14.2 Å². The molecule has 96 valence electrons. The van der Waals surface area contributed by atoms with Crippen molar-refractivity contribution >= 4 is 21.5 Å². The number of hydrogen-bond donors (Lipinski definition) is 1. The molecule has 19 heavy (non-hydrogen) atoms. The van der Waals surface area contributed by atoms with Gasteiger partial charge in [0.1, 0.15) is 17.2 Å². The molecule has 0 aliphatic heterocycles. The SMILES string of the molecule is COc1cc(OC)c2c(ccc3c(O)cccc32)c1. The molecule has 0 saturated heterocycles. The van der Waals surface area contributed by atoms with Gasteiger partial charge in [-0.2, -0.15) is 0 Å². The van der Waals surface area contributed by atoms with Crippen molar-refractivity contribution in [3.63, 3.8) is 0 Å². The van der Waals surface area contributed by atoms with Crippen molar-refractivity contribution in [3.8, 4) is 17.2 Å². The molecule has 1 N–H and O–H groups in total. The molecule has 3 nitrogen and oxygen atoms in total. The average Bonchev–Trinajstić information content (AvgIpc) is 2.45. The van der Waals surface area contributed by atoms with E-state index in [9.17, 15) is 5.11 Å². The molecule has 3 aromatic rings. The molecule has 0 aliphatic rings. The van der Waals surface area contributed by atoms with Gasteiger partial charge >= 0.3 is 0 Å². The van der Waals surface area contributed by atoms with Gasteiger partial charge in [-0.25, -0.2) is 0 Å². The molecular formula is C16H14O3. The highest BCUT2D eigenvalue weighted by Gasteiger charge is 2.10. The molecule has 0 amide bonds. The molecule has 0 fully saturated rings. The Bertz CT molecular complexity index is 763. The van der Waals surface area contributed by atoms with Crippen molar-refractivity contribution < 1.29 is 14.6 Å². The smallest absolute Gasteiger partial charge is 0.131 e. The molecular weight excluding hydrogens is 240 g/mol. The normalized spacial score (nSPS) is 10.8. The molecule has 0 unspecified atom stereocenters. The number of hydrogen-bond acceptors (Lipinski definition) is 3. The Morgan fingerprint density at radius 1 is 0.895 bits per heavy atom. The highest BCUT2D eigenvalue weighted by atomic mass is 16.5. The molecule has 3 aromatic carbocycles. The van der Waals surface area contributed by atoms with Gasteiger partial charge in [0.25, 0.3) is 0 Å². The first-order chi connectivity index (χ1) is 9.24. The van der Waals surface area contributed by atoms with E-state index >= 15 is 0 Å². The molecule has 0 saturated carbocycles. The van der Waals surface area contributed by atoms with E-state index in [4.69, 9.17) is 9.47 Å². The minimum absolute atomic E-state index is 0.275. The molecule has 0 spiro atoms. The molecule has 0 bridgehead atoms. The Morgan fingerprint density at radius 3 is 2.47 bits per heavy atom. The fraction of sp³-hybridized carbons (Fsp3) is 0.125. The molecule has 3 heteroatoms. The van der Waals surface area contributed by atoms with Crippen LogP contribution in [0.4, 0.5) is 0 Å². The summed E-state index contributed by atoms with van der Waals surface area (Å²) < 4.78 is 10.7. The summed E-state index contributed by atoms with van der Waals surface area (Å²) >= 11 is 0. The van der Waals surface area contributed by atoms with Gasteiger partial charge in [-0.15, -0.1) is 0 Å². The van der Waals surface area contributed by atoms with E-state index in [1.807, 2.05) is 36.4 Å². The highest BCUT2D eigenvalue weighted by Crippen LogP contribution is 2.38. The maximum atomic E-state index is 9.93. The van der Waals surface area contributed by atoms with Crippen molar-refractivity contribution in [3.05, 3.63) is 42.5 Å². The molecule has 0 atom stereocenters. The topological polar surface area (TPSA) is 38.7 Å². The van der Waals surface area contributed by atoms with Crippen molar-refractivity contribution in [1.29, 1.82) is 0 Å². The molecule has 0 radical (unpaired) electrons. The van der Waals surface area contributed by atoms with Crippen molar-refractivity contribution in [2.45, 2.75) is 0 Å². The standard InChI is InChI=1S/C16H14O3/c1-18-11-8-10-6-7-12-13(4-3-5-14(12)17)16(10)15(9-11)19-2/h3-9,17H,1-2H3. The number of phenols is 1. The lowest BCUT2D eigenvalue weighted by molar-refractivity contribution is 0.398. The van der Waals surface area contributed by atoms with E-state index in [0.717, 1.165) is 33.0 Å². The summed E-state index contributed by atoms with van der Waals surface area (Å²) in [6.45, 7) is 0. The third-order valence-electron chi connectivity index (χ3n) is 3.34. The van der Waals surface area contributed by atoms with E-state index in [1.54, 1.807) is 20.3 Å². The molecule has 0 aliphatic carbocycles. The van der Waals surface area contributed by atoms with Gasteiger partial charge in [0.2, 0.25) is 0 Å². The van der Waals surface area contributed by atoms with E-state index in [2.05, 4.69) is 0 Å². The Kier molecular flexibility index (Phi) is 2.67. The minimum atomic E-state index is 0.275. The number of benzene rings is 3. The summed E-state index contributed by atoms with van der Waals surface area (Å²) in [6, 6.07) is 13.2. The van der Waals surface area contributed by atoms with Gasteiger partial charge in [-0.3, -0.25) is 0 Å². The fourth-order valence-electron chi connectivity index (χ4n) is 2.43. The summed E-state index contributed by atoms with van der Waals surface area (Å²) in [4.78, 5) is 0. The second-order valence-corrected chi connectivity index (χ2v) is 4.37. The monoisotopic (exact) mass is 254 g/mol. The second-order valence-electron chi connectivity index (χ2n) is 4.37. The third-order valence-corrected chi connectivity index (χ3v) is 3.34. The van der Waals surface area contributed by atoms with Crippen LogP contribution in [0, 0.1) is 0 Å². The average molecular weight is 254 g/mol. The zero-order valence-corrected chi connectivity index (χ0v) is 10.8. The predicted molar refractivity (Wildman–Crippen MR) is 76.2 cm³/mol. The summed E-state index contributed by atoms with van der Waals surface area (Å²) in [5.74, 6) is 1.77. The van der Waals surface area contributed by atoms with E-state index in [0.29, 0.717) is 0 Å². The third kappa shape index (κ3) is 1.74. The second kappa shape index (κ2) is 4.35. The van der Waals surface area contributed by atoms with Crippen molar-refractivity contribution in [1.82, 2.24) is 0 Å². The summed E-state index contributed by atoms with van der Waals surface area (Å²) in [5, 5.41) is 13.7. The Balaban J connectivity index is 2.50. The number of phenolic OH excluding ortho intramolecular Hbond substituents is 1. The van der Waals surface area contributed by atoms with Crippen LogP contribution in [0.15, 0.2) is 42.5 Å². The Hall–Kier alpha value is -2.42. The van der Waals surface area contributed by atoms with Crippen LogP contribution in [0.5, 0.6) is 17.2 Å². The number of methoxy groups -OCH3 is 2. The Morgan fingerprint density at radius 2 is 1.74 bits per heavy atom. The number of ether oxygens (including phenoxy) is 2. The lowest BCUT2D eigenvalue weighted by Crippen LogP contribution is -1.90. The maximum absolute atomic E-state index is 9.93. The van der Waals surface area contributed by atoms with Crippen LogP contribution in [-0.2, 0) is 0 Å². The maximum Gasteiger partial charge on any atom is 0.131 e. The summed E-state index contributed by atoms with van der Waals surface area (Å²) in [7, 11) is 3.27. The van der Waals surface area contributed by atoms with Crippen LogP contribution < -0.4 is 9.47 Å². The van der Waals surface area contributed by atoms with E-state index in [1.165, 1.54) is 0 Å². The van der Waals surface area contributed by atoms with E-state index in [-0.39, 0.29) is 5.75 Å². The van der Waals surface area contributed by atoms with E-state index < -0.39 is 0 Å². The van der Waals surface area contributed by atoms with Crippen LogP contribution in [0.2, 0.25) is 0 Å². The Labute approximate surface area is 111 Å². The lowest BCUT2D eigenvalue weighted by Gasteiger charge is -2.11. The molecule has 0 heterocycles.